The number of hydrogen-bond acceptors (Lipinski definition) is 6. The molecular formula is C18H20O6. The Morgan fingerprint density at radius 2 is 1.92 bits per heavy atom. The molecule has 6 nitrogen and oxygen atoms in total. The first-order chi connectivity index (χ1) is 11.4. The number of methoxy groups -OCH3 is 1. The minimum absolute atomic E-state index is 0.0766. The summed E-state index contributed by atoms with van der Waals surface area (Å²) in [4.78, 5) is 23.3. The van der Waals surface area contributed by atoms with E-state index in [9.17, 15) is 9.59 Å². The maximum absolute atomic E-state index is 11.8. The number of carbonyl (C=O) groups excluding carboxylic acids is 2. The van der Waals surface area contributed by atoms with E-state index in [2.05, 4.69) is 4.74 Å². The standard InChI is InChI=1S/C18H20O6/c1-11-6-5-7-16(12(11)2)22-10-17(19)23-9-14-8-15(13(3)24-14)18(20)21-4/h5-8H,9-10H2,1-4H3. The van der Waals surface area contributed by atoms with Crippen LogP contribution in [0, 0.1) is 20.8 Å². The molecule has 0 saturated heterocycles. The van der Waals surface area contributed by atoms with Gasteiger partial charge in [0.2, 0.25) is 0 Å². The highest BCUT2D eigenvalue weighted by Crippen LogP contribution is 2.20. The highest BCUT2D eigenvalue weighted by atomic mass is 16.6. The monoisotopic (exact) mass is 332 g/mol. The zero-order chi connectivity index (χ0) is 17.7. The van der Waals surface area contributed by atoms with Crippen LogP contribution in [0.15, 0.2) is 28.7 Å². The molecule has 1 aromatic carbocycles. The molecule has 0 saturated carbocycles. The van der Waals surface area contributed by atoms with Gasteiger partial charge in [-0.15, -0.1) is 0 Å². The molecule has 0 fully saturated rings. The lowest BCUT2D eigenvalue weighted by molar-refractivity contribution is -0.147. The number of hydrogen-bond donors (Lipinski definition) is 0. The van der Waals surface area contributed by atoms with Crippen LogP contribution >= 0.6 is 0 Å². The maximum atomic E-state index is 11.8. The average molecular weight is 332 g/mol. The lowest BCUT2D eigenvalue weighted by Crippen LogP contribution is -2.15. The minimum Gasteiger partial charge on any atom is -0.482 e. The number of aryl methyl sites for hydroxylation is 2. The van der Waals surface area contributed by atoms with Crippen LogP contribution < -0.4 is 4.74 Å². The summed E-state index contributed by atoms with van der Waals surface area (Å²) >= 11 is 0. The third kappa shape index (κ3) is 4.16. The van der Waals surface area contributed by atoms with Gasteiger partial charge in [0.1, 0.15) is 29.4 Å². The van der Waals surface area contributed by atoms with Crippen LogP contribution in [0.1, 0.15) is 33.0 Å². The van der Waals surface area contributed by atoms with E-state index in [4.69, 9.17) is 13.9 Å². The summed E-state index contributed by atoms with van der Waals surface area (Å²) in [6.45, 7) is 5.26. The highest BCUT2D eigenvalue weighted by Gasteiger charge is 2.16. The summed E-state index contributed by atoms with van der Waals surface area (Å²) in [5.41, 5.74) is 2.38. The van der Waals surface area contributed by atoms with Gasteiger partial charge in [-0.2, -0.15) is 0 Å². The van der Waals surface area contributed by atoms with Crippen LogP contribution in [0.2, 0.25) is 0 Å². The molecule has 0 aliphatic rings. The zero-order valence-corrected chi connectivity index (χ0v) is 14.2. The van der Waals surface area contributed by atoms with E-state index in [-0.39, 0.29) is 13.2 Å². The van der Waals surface area contributed by atoms with Gasteiger partial charge in [-0.25, -0.2) is 9.59 Å². The molecule has 0 N–H and O–H groups in total. The second kappa shape index (κ2) is 7.68. The summed E-state index contributed by atoms with van der Waals surface area (Å²) in [5, 5.41) is 0. The Balaban J connectivity index is 1.87. The van der Waals surface area contributed by atoms with E-state index >= 15 is 0 Å². The van der Waals surface area contributed by atoms with Crippen molar-refractivity contribution in [2.45, 2.75) is 27.4 Å². The number of furan rings is 1. The molecule has 0 bridgehead atoms. The molecule has 1 aromatic heterocycles. The van der Waals surface area contributed by atoms with Crippen LogP contribution in [-0.2, 0) is 20.9 Å². The lowest BCUT2D eigenvalue weighted by atomic mass is 10.1. The molecule has 0 atom stereocenters. The summed E-state index contributed by atoms with van der Waals surface area (Å²) in [6.07, 6.45) is 0. The summed E-state index contributed by atoms with van der Waals surface area (Å²) in [5.74, 6) is 0.415. The summed E-state index contributed by atoms with van der Waals surface area (Å²) in [7, 11) is 1.29. The van der Waals surface area contributed by atoms with Crippen molar-refractivity contribution in [1.29, 1.82) is 0 Å². The van der Waals surface area contributed by atoms with E-state index in [1.807, 2.05) is 26.0 Å². The van der Waals surface area contributed by atoms with E-state index in [1.165, 1.54) is 13.2 Å². The Hall–Kier alpha value is -2.76. The zero-order valence-electron chi connectivity index (χ0n) is 14.2. The van der Waals surface area contributed by atoms with Gasteiger partial charge in [0.15, 0.2) is 6.61 Å². The van der Waals surface area contributed by atoms with Crippen LogP contribution in [0.4, 0.5) is 0 Å². The van der Waals surface area contributed by atoms with Crippen LogP contribution in [0.5, 0.6) is 5.75 Å². The minimum atomic E-state index is -0.524. The first-order valence-electron chi connectivity index (χ1n) is 7.44. The van der Waals surface area contributed by atoms with Crippen LogP contribution in [-0.4, -0.2) is 25.7 Å². The molecule has 24 heavy (non-hydrogen) atoms. The van der Waals surface area contributed by atoms with Crippen molar-refractivity contribution in [3.63, 3.8) is 0 Å². The molecule has 0 amide bonds. The van der Waals surface area contributed by atoms with Crippen molar-refractivity contribution in [3.8, 4) is 5.75 Å². The summed E-state index contributed by atoms with van der Waals surface area (Å²) in [6, 6.07) is 7.13. The van der Waals surface area contributed by atoms with Crippen molar-refractivity contribution in [3.05, 3.63) is 52.5 Å². The van der Waals surface area contributed by atoms with Crippen molar-refractivity contribution in [1.82, 2.24) is 0 Å². The van der Waals surface area contributed by atoms with Gasteiger partial charge >= 0.3 is 11.9 Å². The first kappa shape index (κ1) is 17.6. The van der Waals surface area contributed by atoms with E-state index in [0.717, 1.165) is 11.1 Å². The third-order valence-electron chi connectivity index (χ3n) is 3.65. The second-order valence-electron chi connectivity index (χ2n) is 5.32. The average Bonchev–Trinajstić information content (AvgIpc) is 2.94. The molecule has 0 aliphatic heterocycles. The van der Waals surface area contributed by atoms with E-state index in [1.54, 1.807) is 13.0 Å². The van der Waals surface area contributed by atoms with Crippen molar-refractivity contribution in [2.75, 3.05) is 13.7 Å². The second-order valence-corrected chi connectivity index (χ2v) is 5.32. The smallest absolute Gasteiger partial charge is 0.344 e. The number of ether oxygens (including phenoxy) is 3. The fourth-order valence-corrected chi connectivity index (χ4v) is 2.14. The fraction of sp³-hybridized carbons (Fsp3) is 0.333. The summed E-state index contributed by atoms with van der Waals surface area (Å²) < 4.78 is 20.6. The quantitative estimate of drug-likeness (QED) is 0.757. The van der Waals surface area contributed by atoms with Crippen LogP contribution in [0.25, 0.3) is 0 Å². The topological polar surface area (TPSA) is 75.0 Å². The molecule has 0 unspecified atom stereocenters. The van der Waals surface area contributed by atoms with Crippen LogP contribution in [0.3, 0.4) is 0 Å². The number of carbonyl (C=O) groups is 2. The Labute approximate surface area is 140 Å². The fourth-order valence-electron chi connectivity index (χ4n) is 2.14. The molecule has 1 heterocycles. The predicted octanol–water partition coefficient (Wildman–Crippen LogP) is 3.11. The maximum Gasteiger partial charge on any atom is 0.344 e. The highest BCUT2D eigenvalue weighted by molar-refractivity contribution is 5.90. The van der Waals surface area contributed by atoms with Gasteiger partial charge in [0.25, 0.3) is 0 Å². The molecule has 2 aromatic rings. The van der Waals surface area contributed by atoms with Gasteiger partial charge in [-0.3, -0.25) is 0 Å². The van der Waals surface area contributed by atoms with Gasteiger partial charge in [0.05, 0.1) is 7.11 Å². The van der Waals surface area contributed by atoms with Gasteiger partial charge in [-0.1, -0.05) is 12.1 Å². The Morgan fingerprint density at radius 3 is 2.62 bits per heavy atom. The SMILES string of the molecule is COC(=O)c1cc(COC(=O)COc2cccc(C)c2C)oc1C. The number of rotatable bonds is 6. The van der Waals surface area contributed by atoms with Gasteiger partial charge in [-0.05, 0) is 44.0 Å². The van der Waals surface area contributed by atoms with Crippen molar-refractivity contribution in [2.24, 2.45) is 0 Å². The molecule has 0 spiro atoms. The largest absolute Gasteiger partial charge is 0.482 e. The number of esters is 2. The molecule has 0 aliphatic carbocycles. The van der Waals surface area contributed by atoms with Gasteiger partial charge < -0.3 is 18.6 Å². The normalized spacial score (nSPS) is 10.3. The molecule has 2 rings (SSSR count). The molecule has 128 valence electrons. The molecular weight excluding hydrogens is 312 g/mol. The Bertz CT molecular complexity index is 744. The van der Waals surface area contributed by atoms with Crippen molar-refractivity contribution >= 4 is 11.9 Å². The Morgan fingerprint density at radius 1 is 1.17 bits per heavy atom. The predicted molar refractivity (Wildman–Crippen MR) is 86.0 cm³/mol. The third-order valence-corrected chi connectivity index (χ3v) is 3.65. The van der Waals surface area contributed by atoms with Gasteiger partial charge in [0, 0.05) is 0 Å². The lowest BCUT2D eigenvalue weighted by Gasteiger charge is -2.10. The van der Waals surface area contributed by atoms with E-state index in [0.29, 0.717) is 22.8 Å². The van der Waals surface area contributed by atoms with Crippen molar-refractivity contribution < 1.29 is 28.2 Å². The Kier molecular flexibility index (Phi) is 5.63. The molecule has 0 radical (unpaired) electrons. The number of benzene rings is 1. The molecule has 6 heteroatoms. The first-order valence-corrected chi connectivity index (χ1v) is 7.44. The van der Waals surface area contributed by atoms with E-state index < -0.39 is 11.9 Å².